The first kappa shape index (κ1) is 20.6. The first-order valence-corrected chi connectivity index (χ1v) is 11.5. The molecule has 3 aromatic rings. The van der Waals surface area contributed by atoms with Crippen molar-refractivity contribution in [2.75, 3.05) is 19.6 Å². The Morgan fingerprint density at radius 2 is 1.97 bits per heavy atom. The number of likely N-dealkylation sites (tertiary alicyclic amines) is 1. The maximum atomic E-state index is 12.6. The summed E-state index contributed by atoms with van der Waals surface area (Å²) in [7, 11) is 0. The van der Waals surface area contributed by atoms with Gasteiger partial charge >= 0.3 is 11.8 Å². The Balaban J connectivity index is 1.10. The smallest absolute Gasteiger partial charge is 0.311 e. The molecule has 1 aromatic heterocycles. The minimum absolute atomic E-state index is 0.220. The van der Waals surface area contributed by atoms with Crippen LogP contribution in [-0.4, -0.2) is 47.4 Å². The normalized spacial score (nSPS) is 18.4. The Morgan fingerprint density at radius 1 is 1.16 bits per heavy atom. The second-order valence-electron chi connectivity index (χ2n) is 8.94. The summed E-state index contributed by atoms with van der Waals surface area (Å²) in [6, 6.07) is 14.5. The van der Waals surface area contributed by atoms with Crippen LogP contribution in [0.2, 0.25) is 0 Å². The summed E-state index contributed by atoms with van der Waals surface area (Å²) in [4.78, 5) is 30.1. The van der Waals surface area contributed by atoms with Gasteiger partial charge in [-0.1, -0.05) is 30.3 Å². The molecule has 5 rings (SSSR count). The average molecular weight is 432 g/mol. The zero-order chi connectivity index (χ0) is 22.1. The standard InChI is InChI=1S/C26H29N3O3/c1-17-14-20-15-18(6-7-24(20)32-17)8-11-27-25(30)26(31)29-12-9-19(10-13-29)22-16-28-23-5-3-2-4-21(22)23/h2-7,15-17,19,28H,8-14H2,1H3,(H,27,30). The van der Waals surface area contributed by atoms with E-state index in [0.717, 1.165) is 36.1 Å². The summed E-state index contributed by atoms with van der Waals surface area (Å²) in [5.41, 5.74) is 4.82. The van der Waals surface area contributed by atoms with E-state index in [1.165, 1.54) is 16.5 Å². The number of nitrogens with one attached hydrogen (secondary N) is 2. The highest BCUT2D eigenvalue weighted by Crippen LogP contribution is 2.33. The van der Waals surface area contributed by atoms with Crippen molar-refractivity contribution in [2.24, 2.45) is 0 Å². The third-order valence-electron chi connectivity index (χ3n) is 6.70. The van der Waals surface area contributed by atoms with Crippen molar-refractivity contribution < 1.29 is 14.3 Å². The van der Waals surface area contributed by atoms with Gasteiger partial charge in [-0.25, -0.2) is 0 Å². The van der Waals surface area contributed by atoms with E-state index in [0.29, 0.717) is 32.0 Å². The number of amides is 2. The lowest BCUT2D eigenvalue weighted by Gasteiger charge is -2.31. The highest BCUT2D eigenvalue weighted by Gasteiger charge is 2.28. The van der Waals surface area contributed by atoms with Crippen LogP contribution in [-0.2, 0) is 22.4 Å². The fourth-order valence-corrected chi connectivity index (χ4v) is 5.00. The minimum atomic E-state index is -0.506. The molecule has 2 amide bonds. The Bertz CT molecular complexity index is 1140. The lowest BCUT2D eigenvalue weighted by Crippen LogP contribution is -2.46. The van der Waals surface area contributed by atoms with Gasteiger partial charge in [0.25, 0.3) is 0 Å². The Kier molecular flexibility index (Phi) is 5.60. The largest absolute Gasteiger partial charge is 0.490 e. The average Bonchev–Trinajstić information content (AvgIpc) is 3.41. The van der Waals surface area contributed by atoms with Gasteiger partial charge in [-0.05, 0) is 60.9 Å². The van der Waals surface area contributed by atoms with Crippen molar-refractivity contribution in [2.45, 2.75) is 44.6 Å². The lowest BCUT2D eigenvalue weighted by molar-refractivity contribution is -0.146. The highest BCUT2D eigenvalue weighted by molar-refractivity contribution is 6.35. The van der Waals surface area contributed by atoms with E-state index >= 15 is 0 Å². The van der Waals surface area contributed by atoms with Crippen molar-refractivity contribution >= 4 is 22.7 Å². The number of aromatic nitrogens is 1. The number of para-hydroxylation sites is 1. The zero-order valence-corrected chi connectivity index (χ0v) is 18.4. The number of carbonyl (C=O) groups is 2. The zero-order valence-electron chi connectivity index (χ0n) is 18.4. The number of fused-ring (bicyclic) bond motifs is 2. The van der Waals surface area contributed by atoms with E-state index in [4.69, 9.17) is 4.74 Å². The maximum Gasteiger partial charge on any atom is 0.311 e. The monoisotopic (exact) mass is 431 g/mol. The molecule has 1 saturated heterocycles. The summed E-state index contributed by atoms with van der Waals surface area (Å²) in [5, 5.41) is 4.05. The van der Waals surface area contributed by atoms with Gasteiger partial charge in [0.05, 0.1) is 0 Å². The summed E-state index contributed by atoms with van der Waals surface area (Å²) < 4.78 is 5.73. The number of hydrogen-bond donors (Lipinski definition) is 2. The number of H-pyrrole nitrogens is 1. The van der Waals surface area contributed by atoms with E-state index in [1.54, 1.807) is 4.90 Å². The molecule has 1 fully saturated rings. The molecule has 2 aromatic carbocycles. The Labute approximate surface area is 187 Å². The van der Waals surface area contributed by atoms with Gasteiger partial charge in [0.1, 0.15) is 11.9 Å². The Morgan fingerprint density at radius 3 is 2.81 bits per heavy atom. The van der Waals surface area contributed by atoms with E-state index in [9.17, 15) is 9.59 Å². The fraction of sp³-hybridized carbons (Fsp3) is 0.385. The molecule has 166 valence electrons. The van der Waals surface area contributed by atoms with Crippen LogP contribution in [0.15, 0.2) is 48.7 Å². The van der Waals surface area contributed by atoms with Crippen molar-refractivity contribution in [3.8, 4) is 5.75 Å². The molecule has 6 heteroatoms. The number of piperidine rings is 1. The molecule has 3 heterocycles. The topological polar surface area (TPSA) is 74.4 Å². The van der Waals surface area contributed by atoms with E-state index in [-0.39, 0.29) is 6.10 Å². The van der Waals surface area contributed by atoms with Gasteiger partial charge in [0.15, 0.2) is 0 Å². The van der Waals surface area contributed by atoms with Gasteiger partial charge in [-0.2, -0.15) is 0 Å². The molecule has 1 unspecified atom stereocenters. The number of carbonyl (C=O) groups excluding carboxylic acids is 2. The first-order valence-electron chi connectivity index (χ1n) is 11.5. The van der Waals surface area contributed by atoms with Crippen molar-refractivity contribution in [3.05, 3.63) is 65.4 Å². The molecule has 0 radical (unpaired) electrons. The lowest BCUT2D eigenvalue weighted by atomic mass is 9.89. The second-order valence-corrected chi connectivity index (χ2v) is 8.94. The maximum absolute atomic E-state index is 12.6. The predicted octanol–water partition coefficient (Wildman–Crippen LogP) is 3.56. The van der Waals surface area contributed by atoms with Crippen LogP contribution in [0.3, 0.4) is 0 Å². The first-order chi connectivity index (χ1) is 15.6. The third-order valence-corrected chi connectivity index (χ3v) is 6.70. The second kappa shape index (κ2) is 8.69. The third kappa shape index (κ3) is 4.09. The molecule has 2 aliphatic rings. The van der Waals surface area contributed by atoms with Crippen LogP contribution >= 0.6 is 0 Å². The summed E-state index contributed by atoms with van der Waals surface area (Å²) in [6.07, 6.45) is 5.67. The molecule has 0 aliphatic carbocycles. The molecule has 0 spiro atoms. The van der Waals surface area contributed by atoms with E-state index < -0.39 is 11.8 Å². The molecule has 2 N–H and O–H groups in total. The Hall–Kier alpha value is -3.28. The van der Waals surface area contributed by atoms with Gasteiger partial charge in [-0.15, -0.1) is 0 Å². The predicted molar refractivity (Wildman–Crippen MR) is 124 cm³/mol. The van der Waals surface area contributed by atoms with Gasteiger partial charge in [-0.3, -0.25) is 9.59 Å². The van der Waals surface area contributed by atoms with E-state index in [2.05, 4.69) is 47.7 Å². The van der Waals surface area contributed by atoms with Crippen molar-refractivity contribution in [1.82, 2.24) is 15.2 Å². The highest BCUT2D eigenvalue weighted by atomic mass is 16.5. The molecule has 2 aliphatic heterocycles. The van der Waals surface area contributed by atoms with Gasteiger partial charge < -0.3 is 19.9 Å². The number of aromatic amines is 1. The van der Waals surface area contributed by atoms with Crippen LogP contribution in [0.5, 0.6) is 5.75 Å². The molecule has 6 nitrogen and oxygen atoms in total. The van der Waals surface area contributed by atoms with Crippen LogP contribution in [0.25, 0.3) is 10.9 Å². The van der Waals surface area contributed by atoms with Crippen LogP contribution in [0, 0.1) is 0 Å². The number of rotatable bonds is 4. The van der Waals surface area contributed by atoms with Crippen molar-refractivity contribution in [3.63, 3.8) is 0 Å². The quantitative estimate of drug-likeness (QED) is 0.621. The fourth-order valence-electron chi connectivity index (χ4n) is 5.00. The number of hydrogen-bond acceptors (Lipinski definition) is 3. The summed E-state index contributed by atoms with van der Waals surface area (Å²) in [5.74, 6) is 0.438. The number of ether oxygens (including phenoxy) is 1. The van der Waals surface area contributed by atoms with Gasteiger partial charge in [0, 0.05) is 43.2 Å². The molecule has 1 atom stereocenters. The van der Waals surface area contributed by atoms with Crippen LogP contribution < -0.4 is 10.1 Å². The molecular weight excluding hydrogens is 402 g/mol. The summed E-state index contributed by atoms with van der Waals surface area (Å²) >= 11 is 0. The molecule has 0 saturated carbocycles. The minimum Gasteiger partial charge on any atom is -0.490 e. The van der Waals surface area contributed by atoms with Crippen molar-refractivity contribution in [1.29, 1.82) is 0 Å². The van der Waals surface area contributed by atoms with Crippen LogP contribution in [0.1, 0.15) is 42.4 Å². The SMILES string of the molecule is CC1Cc2cc(CCNC(=O)C(=O)N3CCC(c4c[nH]c5ccccc45)CC3)ccc2O1. The van der Waals surface area contributed by atoms with E-state index in [1.807, 2.05) is 18.2 Å². The van der Waals surface area contributed by atoms with Crippen LogP contribution in [0.4, 0.5) is 0 Å². The number of nitrogens with zero attached hydrogens (tertiary/aromatic N) is 1. The molecule has 0 bridgehead atoms. The molecular formula is C26H29N3O3. The van der Waals surface area contributed by atoms with Gasteiger partial charge in [0.2, 0.25) is 0 Å². The summed E-state index contributed by atoms with van der Waals surface area (Å²) in [6.45, 7) is 3.74. The molecule has 32 heavy (non-hydrogen) atoms. The number of benzene rings is 2.